The standard InChI is InChI=1S/C14H21ClO2/c1-4-17-14(16)9-12(10(2)3)11-7-5-6-8-13(11)15/h5-8,10,12,14,16H,4,9H2,1-3H3/t12-,14?/m0/s1. The van der Waals surface area contributed by atoms with Gasteiger partial charge in [-0.25, -0.2) is 0 Å². The number of aliphatic hydroxyl groups excluding tert-OH is 1. The first kappa shape index (κ1) is 14.5. The molecule has 2 atom stereocenters. The van der Waals surface area contributed by atoms with E-state index in [9.17, 15) is 5.11 Å². The summed E-state index contributed by atoms with van der Waals surface area (Å²) in [5, 5.41) is 10.5. The van der Waals surface area contributed by atoms with Gasteiger partial charge in [0.25, 0.3) is 0 Å². The zero-order valence-electron chi connectivity index (χ0n) is 10.7. The molecule has 1 aromatic rings. The van der Waals surface area contributed by atoms with Crippen molar-refractivity contribution in [3.63, 3.8) is 0 Å². The number of ether oxygens (including phenoxy) is 1. The van der Waals surface area contributed by atoms with Gasteiger partial charge in [-0.3, -0.25) is 0 Å². The van der Waals surface area contributed by atoms with E-state index in [1.807, 2.05) is 31.2 Å². The molecule has 0 radical (unpaired) electrons. The largest absolute Gasteiger partial charge is 0.368 e. The third-order valence-corrected chi connectivity index (χ3v) is 3.27. The summed E-state index contributed by atoms with van der Waals surface area (Å²) in [5.74, 6) is 0.621. The Hall–Kier alpha value is -0.570. The molecule has 0 saturated carbocycles. The molecular weight excluding hydrogens is 236 g/mol. The number of benzene rings is 1. The van der Waals surface area contributed by atoms with Crippen LogP contribution in [0.3, 0.4) is 0 Å². The summed E-state index contributed by atoms with van der Waals surface area (Å²) < 4.78 is 5.20. The second-order valence-corrected chi connectivity index (χ2v) is 4.92. The minimum atomic E-state index is -0.719. The van der Waals surface area contributed by atoms with E-state index in [0.29, 0.717) is 18.9 Å². The second-order valence-electron chi connectivity index (χ2n) is 4.52. The number of aliphatic hydroxyl groups is 1. The molecule has 0 amide bonds. The van der Waals surface area contributed by atoms with Crippen LogP contribution in [0.15, 0.2) is 24.3 Å². The molecule has 0 aliphatic heterocycles. The van der Waals surface area contributed by atoms with Gasteiger partial charge in [0, 0.05) is 18.1 Å². The summed E-state index contributed by atoms with van der Waals surface area (Å²) in [6.07, 6.45) is -0.140. The fourth-order valence-corrected chi connectivity index (χ4v) is 2.29. The highest BCUT2D eigenvalue weighted by Gasteiger charge is 2.21. The molecule has 0 aromatic heterocycles. The van der Waals surface area contributed by atoms with Crippen molar-refractivity contribution in [1.29, 1.82) is 0 Å². The average molecular weight is 257 g/mol. The maximum Gasteiger partial charge on any atom is 0.155 e. The number of hydrogen-bond acceptors (Lipinski definition) is 2. The van der Waals surface area contributed by atoms with Crippen molar-refractivity contribution in [2.75, 3.05) is 6.61 Å². The molecule has 1 N–H and O–H groups in total. The van der Waals surface area contributed by atoms with Crippen molar-refractivity contribution < 1.29 is 9.84 Å². The third kappa shape index (κ3) is 4.30. The molecule has 96 valence electrons. The van der Waals surface area contributed by atoms with Gasteiger partial charge in [0.1, 0.15) is 0 Å². The van der Waals surface area contributed by atoms with Crippen LogP contribution in [-0.2, 0) is 4.74 Å². The monoisotopic (exact) mass is 256 g/mol. The first-order valence-corrected chi connectivity index (χ1v) is 6.48. The molecule has 2 nitrogen and oxygen atoms in total. The van der Waals surface area contributed by atoms with Crippen LogP contribution in [0.2, 0.25) is 5.02 Å². The number of rotatable bonds is 6. The molecule has 0 heterocycles. The molecule has 1 aromatic carbocycles. The van der Waals surface area contributed by atoms with Gasteiger partial charge >= 0.3 is 0 Å². The van der Waals surface area contributed by atoms with Crippen molar-refractivity contribution in [2.45, 2.75) is 39.4 Å². The molecule has 0 bridgehead atoms. The minimum absolute atomic E-state index is 0.213. The quantitative estimate of drug-likeness (QED) is 0.784. The molecule has 0 aliphatic carbocycles. The molecule has 0 spiro atoms. The zero-order chi connectivity index (χ0) is 12.8. The topological polar surface area (TPSA) is 29.5 Å². The first-order chi connectivity index (χ1) is 8.06. The Morgan fingerprint density at radius 3 is 2.47 bits per heavy atom. The summed E-state index contributed by atoms with van der Waals surface area (Å²) in [6.45, 7) is 6.66. The van der Waals surface area contributed by atoms with Gasteiger partial charge in [-0.05, 0) is 30.4 Å². The normalized spacial score (nSPS) is 14.9. The predicted octanol–water partition coefficient (Wildman–Crippen LogP) is 3.82. The molecule has 1 unspecified atom stereocenters. The van der Waals surface area contributed by atoms with Crippen molar-refractivity contribution >= 4 is 11.6 Å². The molecule has 0 fully saturated rings. The van der Waals surface area contributed by atoms with Crippen LogP contribution in [0.1, 0.15) is 38.7 Å². The Bertz CT molecular complexity index is 339. The van der Waals surface area contributed by atoms with Crippen LogP contribution in [0, 0.1) is 5.92 Å². The van der Waals surface area contributed by atoms with Gasteiger partial charge in [-0.1, -0.05) is 43.6 Å². The van der Waals surface area contributed by atoms with Gasteiger partial charge in [0.2, 0.25) is 0 Å². The van der Waals surface area contributed by atoms with Crippen molar-refractivity contribution in [1.82, 2.24) is 0 Å². The summed E-state index contributed by atoms with van der Waals surface area (Å²) in [5.41, 5.74) is 1.09. The highest BCUT2D eigenvalue weighted by atomic mass is 35.5. The highest BCUT2D eigenvalue weighted by Crippen LogP contribution is 2.33. The highest BCUT2D eigenvalue weighted by molar-refractivity contribution is 6.31. The van der Waals surface area contributed by atoms with Gasteiger partial charge in [-0.2, -0.15) is 0 Å². The van der Waals surface area contributed by atoms with Crippen molar-refractivity contribution in [2.24, 2.45) is 5.92 Å². The second kappa shape index (κ2) is 7.00. The minimum Gasteiger partial charge on any atom is -0.368 e. The van der Waals surface area contributed by atoms with Crippen LogP contribution in [0.5, 0.6) is 0 Å². The van der Waals surface area contributed by atoms with Crippen LogP contribution >= 0.6 is 11.6 Å². The zero-order valence-corrected chi connectivity index (χ0v) is 11.4. The smallest absolute Gasteiger partial charge is 0.155 e. The van der Waals surface area contributed by atoms with E-state index in [1.165, 1.54) is 0 Å². The van der Waals surface area contributed by atoms with Gasteiger partial charge in [0.05, 0.1) is 0 Å². The Kier molecular flexibility index (Phi) is 5.96. The van der Waals surface area contributed by atoms with Crippen LogP contribution in [0.4, 0.5) is 0 Å². The summed E-state index contributed by atoms with van der Waals surface area (Å²) in [7, 11) is 0. The van der Waals surface area contributed by atoms with Crippen molar-refractivity contribution in [3.8, 4) is 0 Å². The van der Waals surface area contributed by atoms with E-state index in [2.05, 4.69) is 13.8 Å². The van der Waals surface area contributed by atoms with E-state index < -0.39 is 6.29 Å². The van der Waals surface area contributed by atoms with Crippen LogP contribution < -0.4 is 0 Å². The fourth-order valence-electron chi connectivity index (χ4n) is 2.01. The Balaban J connectivity index is 2.83. The van der Waals surface area contributed by atoms with E-state index in [1.54, 1.807) is 0 Å². The van der Waals surface area contributed by atoms with Crippen LogP contribution in [-0.4, -0.2) is 18.0 Å². The molecule has 1 rings (SSSR count). The Labute approximate surface area is 109 Å². The summed E-state index contributed by atoms with van der Waals surface area (Å²) in [4.78, 5) is 0. The molecule has 3 heteroatoms. The molecule has 0 aliphatic rings. The van der Waals surface area contributed by atoms with E-state index in [4.69, 9.17) is 16.3 Å². The SMILES string of the molecule is CCOC(O)C[C@H](c1ccccc1Cl)C(C)C. The number of hydrogen-bond donors (Lipinski definition) is 1. The lowest BCUT2D eigenvalue weighted by Gasteiger charge is -2.24. The molecule has 0 saturated heterocycles. The fraction of sp³-hybridized carbons (Fsp3) is 0.571. The lowest BCUT2D eigenvalue weighted by Crippen LogP contribution is -2.19. The lowest BCUT2D eigenvalue weighted by atomic mass is 9.85. The predicted molar refractivity (Wildman–Crippen MR) is 71.3 cm³/mol. The maximum atomic E-state index is 9.76. The first-order valence-electron chi connectivity index (χ1n) is 6.10. The van der Waals surface area contributed by atoms with Gasteiger partial charge in [-0.15, -0.1) is 0 Å². The van der Waals surface area contributed by atoms with Gasteiger partial charge in [0.15, 0.2) is 6.29 Å². The molecular formula is C14H21ClO2. The Morgan fingerprint density at radius 1 is 1.29 bits per heavy atom. The number of halogens is 1. The average Bonchev–Trinajstić information content (AvgIpc) is 2.27. The van der Waals surface area contributed by atoms with E-state index >= 15 is 0 Å². The third-order valence-electron chi connectivity index (χ3n) is 2.92. The van der Waals surface area contributed by atoms with Crippen LogP contribution in [0.25, 0.3) is 0 Å². The molecule has 17 heavy (non-hydrogen) atoms. The summed E-state index contributed by atoms with van der Waals surface area (Å²) in [6, 6.07) is 7.80. The summed E-state index contributed by atoms with van der Waals surface area (Å²) >= 11 is 6.20. The maximum absolute atomic E-state index is 9.76. The Morgan fingerprint density at radius 2 is 1.94 bits per heavy atom. The van der Waals surface area contributed by atoms with E-state index in [0.717, 1.165) is 10.6 Å². The lowest BCUT2D eigenvalue weighted by molar-refractivity contribution is -0.104. The van der Waals surface area contributed by atoms with Crippen molar-refractivity contribution in [3.05, 3.63) is 34.9 Å². The van der Waals surface area contributed by atoms with E-state index in [-0.39, 0.29) is 5.92 Å². The van der Waals surface area contributed by atoms with Gasteiger partial charge < -0.3 is 9.84 Å².